The summed E-state index contributed by atoms with van der Waals surface area (Å²) in [6.45, 7) is 4.78. The Kier molecular flexibility index (Phi) is 11.4. The molecule has 5 N–H and O–H groups in total. The number of ether oxygens (including phenoxy) is 1. The number of carboxylic acid groups (broad SMARTS) is 1. The Labute approximate surface area is 311 Å². The lowest BCUT2D eigenvalue weighted by Crippen LogP contribution is -2.53. The molecule has 2 atom stereocenters. The SMILES string of the molecule is [2H]c1c([2H])c([2H])c(N2CC(CCCC)(CCCC)NS(=O)(=O)c3cc(OCC(=O)N[C@@H](C(=O)N[C@@H](CC)C(=O)O)c4ccc(O)cc4)c(SC)cc32)c([2H])c1[2H]. The summed E-state index contributed by atoms with van der Waals surface area (Å²) in [6.07, 6.45) is 5.38. The molecule has 12 nitrogen and oxygen atoms in total. The van der Waals surface area contributed by atoms with E-state index in [0.29, 0.717) is 30.6 Å². The molecule has 1 aliphatic heterocycles. The molecule has 4 rings (SSSR count). The van der Waals surface area contributed by atoms with E-state index < -0.39 is 82.2 Å². The lowest BCUT2D eigenvalue weighted by atomic mass is 9.87. The number of sulfonamides is 1. The number of carbonyl (C=O) groups excluding carboxylic acids is 2. The van der Waals surface area contributed by atoms with Gasteiger partial charge in [-0.2, -0.15) is 0 Å². The fraction of sp³-hybridized carbons (Fsp3) is 0.432. The van der Waals surface area contributed by atoms with Gasteiger partial charge in [-0.15, -0.1) is 11.8 Å². The van der Waals surface area contributed by atoms with Crippen LogP contribution < -0.4 is 25.0 Å². The summed E-state index contributed by atoms with van der Waals surface area (Å²) in [5.41, 5.74) is -0.974. The minimum absolute atomic E-state index is 0.0186. The number of nitrogens with zero attached hydrogens (tertiary/aromatic N) is 1. The van der Waals surface area contributed by atoms with Crippen molar-refractivity contribution in [2.45, 2.75) is 93.1 Å². The largest absolute Gasteiger partial charge is 0.508 e. The summed E-state index contributed by atoms with van der Waals surface area (Å²) in [7, 11) is -4.38. The van der Waals surface area contributed by atoms with Gasteiger partial charge in [0.25, 0.3) is 5.91 Å². The van der Waals surface area contributed by atoms with Gasteiger partial charge in [0.15, 0.2) is 6.61 Å². The van der Waals surface area contributed by atoms with Crippen LogP contribution in [0.5, 0.6) is 11.5 Å². The molecule has 2 amide bonds. The maximum atomic E-state index is 14.4. The second-order valence-corrected chi connectivity index (χ2v) is 14.8. The smallest absolute Gasteiger partial charge is 0.326 e. The summed E-state index contributed by atoms with van der Waals surface area (Å²) in [4.78, 5) is 39.9. The summed E-state index contributed by atoms with van der Waals surface area (Å²) in [6, 6.07) is 2.76. The number of aliphatic carboxylic acids is 1. The van der Waals surface area contributed by atoms with E-state index in [-0.39, 0.29) is 46.3 Å². The topological polar surface area (TPSA) is 174 Å². The summed E-state index contributed by atoms with van der Waals surface area (Å²) in [5.74, 6) is -3.03. The van der Waals surface area contributed by atoms with Crippen LogP contribution in [0.3, 0.4) is 0 Å². The van der Waals surface area contributed by atoms with Crippen LogP contribution in [0.1, 0.15) is 84.2 Å². The fourth-order valence-corrected chi connectivity index (χ4v) is 8.09. The molecule has 0 saturated carbocycles. The Morgan fingerprint density at radius 2 is 1.69 bits per heavy atom. The molecule has 14 heteroatoms. The van der Waals surface area contributed by atoms with Gasteiger partial charge < -0.3 is 30.5 Å². The van der Waals surface area contributed by atoms with E-state index >= 15 is 0 Å². The number of anilines is 2. The highest BCUT2D eigenvalue weighted by molar-refractivity contribution is 7.98. The van der Waals surface area contributed by atoms with Crippen molar-refractivity contribution in [2.75, 3.05) is 24.3 Å². The second-order valence-electron chi connectivity index (χ2n) is 12.3. The standard InChI is InChI=1S/C37H48N4O8S2/c1-5-8-19-37(20-9-6-2)24-41(26-13-11-10-12-14-26)29-21-31(50-4)30(22-32(29)51(47,48)40-37)49-23-33(43)39-34(25-15-17-27(42)18-16-25)35(44)38-28(7-3)36(45)46/h10-18,21-22,28,34,40,42H,5-9,19-20,23-24H2,1-4H3,(H,38,44)(H,39,43)(H,45,46)/t28-,34+/m0/s1/i10D,11D,12D,13D,14D. The molecule has 276 valence electrons. The molecule has 1 aliphatic rings. The van der Waals surface area contributed by atoms with E-state index in [4.69, 9.17) is 11.6 Å². The molecule has 0 spiro atoms. The third kappa shape index (κ3) is 9.95. The molecule has 3 aromatic carbocycles. The predicted molar refractivity (Wildman–Crippen MR) is 198 cm³/mol. The summed E-state index contributed by atoms with van der Waals surface area (Å²) in [5, 5.41) is 24.2. The monoisotopic (exact) mass is 745 g/mol. The maximum absolute atomic E-state index is 14.4. The van der Waals surface area contributed by atoms with Gasteiger partial charge in [0.05, 0.1) is 23.0 Å². The number of amides is 2. The van der Waals surface area contributed by atoms with Gasteiger partial charge in [-0.3, -0.25) is 9.59 Å². The Bertz CT molecular complexity index is 2020. The van der Waals surface area contributed by atoms with Gasteiger partial charge >= 0.3 is 5.97 Å². The van der Waals surface area contributed by atoms with Gasteiger partial charge in [-0.1, -0.05) is 76.7 Å². The van der Waals surface area contributed by atoms with Crippen LogP contribution in [-0.2, 0) is 24.4 Å². The lowest BCUT2D eigenvalue weighted by Gasteiger charge is -2.37. The third-order valence-electron chi connectivity index (χ3n) is 8.59. The van der Waals surface area contributed by atoms with Crippen molar-refractivity contribution < 1.29 is 44.6 Å². The summed E-state index contributed by atoms with van der Waals surface area (Å²) < 4.78 is 80.4. The number of para-hydroxylation sites is 1. The average molecular weight is 746 g/mol. The Balaban J connectivity index is 1.80. The highest BCUT2D eigenvalue weighted by Gasteiger charge is 2.42. The highest BCUT2D eigenvalue weighted by Crippen LogP contribution is 2.44. The van der Waals surface area contributed by atoms with Gasteiger partial charge in [-0.05, 0) is 61.4 Å². The van der Waals surface area contributed by atoms with Gasteiger partial charge in [0.1, 0.15) is 28.5 Å². The normalized spacial score (nSPS) is 17.3. The van der Waals surface area contributed by atoms with E-state index in [2.05, 4.69) is 15.4 Å². The minimum Gasteiger partial charge on any atom is -0.508 e. The molecule has 51 heavy (non-hydrogen) atoms. The zero-order valence-corrected chi connectivity index (χ0v) is 30.7. The van der Waals surface area contributed by atoms with E-state index in [0.717, 1.165) is 24.6 Å². The number of phenols is 1. The van der Waals surface area contributed by atoms with Crippen LogP contribution >= 0.6 is 11.8 Å². The van der Waals surface area contributed by atoms with Crippen LogP contribution in [-0.4, -0.2) is 67.4 Å². The number of phenolic OH excluding ortho intramolecular Hbond substituents is 1. The molecular weight excluding hydrogens is 693 g/mol. The molecule has 0 saturated heterocycles. The first kappa shape index (κ1) is 32.6. The van der Waals surface area contributed by atoms with Crippen molar-refractivity contribution in [1.29, 1.82) is 0 Å². The zero-order chi connectivity index (χ0) is 41.5. The van der Waals surface area contributed by atoms with Crippen LogP contribution in [0.4, 0.5) is 11.4 Å². The number of carboxylic acids is 1. The maximum Gasteiger partial charge on any atom is 0.326 e. The molecular formula is C37H48N4O8S2. The number of unbranched alkanes of at least 4 members (excludes halogenated alkanes) is 2. The lowest BCUT2D eigenvalue weighted by molar-refractivity contribution is -0.142. The number of benzene rings is 3. The molecule has 0 aromatic heterocycles. The van der Waals surface area contributed by atoms with Crippen LogP contribution in [0.2, 0.25) is 0 Å². The van der Waals surface area contributed by atoms with E-state index in [9.17, 15) is 33.0 Å². The highest BCUT2D eigenvalue weighted by atomic mass is 32.2. The van der Waals surface area contributed by atoms with Crippen molar-refractivity contribution in [3.63, 3.8) is 0 Å². The number of hydrogen-bond acceptors (Lipinski definition) is 9. The van der Waals surface area contributed by atoms with Gasteiger partial charge in [0.2, 0.25) is 15.9 Å². The third-order valence-corrected chi connectivity index (χ3v) is 11.0. The molecule has 0 unspecified atom stereocenters. The van der Waals surface area contributed by atoms with Crippen molar-refractivity contribution in [3.8, 4) is 11.5 Å². The first-order valence-corrected chi connectivity index (χ1v) is 19.5. The van der Waals surface area contributed by atoms with Gasteiger partial charge in [-0.25, -0.2) is 17.9 Å². The molecule has 0 radical (unpaired) electrons. The number of thioether (sulfide) groups is 1. The number of aromatic hydroxyl groups is 1. The molecule has 0 aliphatic carbocycles. The second kappa shape index (κ2) is 17.8. The van der Waals surface area contributed by atoms with E-state index in [1.165, 1.54) is 41.3 Å². The quantitative estimate of drug-likeness (QED) is 0.105. The number of hydrogen-bond donors (Lipinski definition) is 5. The van der Waals surface area contributed by atoms with Crippen LogP contribution in [0.15, 0.2) is 76.4 Å². The minimum atomic E-state index is -4.38. The Morgan fingerprint density at radius 3 is 2.25 bits per heavy atom. The first-order valence-electron chi connectivity index (χ1n) is 19.3. The number of nitrogens with one attached hydrogen (secondary N) is 3. The fourth-order valence-electron chi connectivity index (χ4n) is 5.89. The Hall–Kier alpha value is -4.27. The summed E-state index contributed by atoms with van der Waals surface area (Å²) >= 11 is 1.16. The van der Waals surface area contributed by atoms with Crippen LogP contribution in [0, 0.1) is 0 Å². The average Bonchev–Trinajstić information content (AvgIpc) is 3.26. The number of rotatable bonds is 17. The van der Waals surface area contributed by atoms with Crippen LogP contribution in [0.25, 0.3) is 0 Å². The number of carbonyl (C=O) groups is 3. The molecule has 3 aromatic rings. The molecule has 1 heterocycles. The number of fused-ring (bicyclic) bond motifs is 1. The first-order chi connectivity index (χ1) is 26.4. The van der Waals surface area contributed by atoms with Gasteiger partial charge in [0, 0.05) is 18.3 Å². The van der Waals surface area contributed by atoms with Crippen molar-refractivity contribution >= 4 is 50.9 Å². The predicted octanol–water partition coefficient (Wildman–Crippen LogP) is 5.88. The van der Waals surface area contributed by atoms with Crippen molar-refractivity contribution in [2.24, 2.45) is 0 Å². The van der Waals surface area contributed by atoms with E-state index in [1.54, 1.807) is 13.2 Å². The van der Waals surface area contributed by atoms with Crippen molar-refractivity contribution in [1.82, 2.24) is 15.4 Å². The Morgan fingerprint density at radius 1 is 1.04 bits per heavy atom. The molecule has 0 fully saturated rings. The molecule has 0 bridgehead atoms. The van der Waals surface area contributed by atoms with E-state index in [1.807, 2.05) is 13.8 Å². The zero-order valence-electron chi connectivity index (χ0n) is 34.1. The van der Waals surface area contributed by atoms with Crippen molar-refractivity contribution in [3.05, 3.63) is 72.2 Å².